The first-order valence-corrected chi connectivity index (χ1v) is 6.36. The highest BCUT2D eigenvalue weighted by Gasteiger charge is 2.12. The molecule has 0 fully saturated rings. The van der Waals surface area contributed by atoms with Crippen LogP contribution in [0, 0.1) is 5.82 Å². The molecular formula is C15H15FN2O3. The maximum Gasteiger partial charge on any atom is 0.251 e. The predicted octanol–water partition coefficient (Wildman–Crippen LogP) is 0.988. The van der Waals surface area contributed by atoms with Crippen molar-refractivity contribution in [2.45, 2.75) is 6.10 Å². The third-order valence-corrected chi connectivity index (χ3v) is 3.06. The van der Waals surface area contributed by atoms with E-state index in [1.165, 1.54) is 41.1 Å². The Morgan fingerprint density at radius 3 is 2.81 bits per heavy atom. The van der Waals surface area contributed by atoms with Gasteiger partial charge in [0.1, 0.15) is 5.82 Å². The number of aryl methyl sites for hydroxylation is 1. The molecule has 0 aliphatic carbocycles. The van der Waals surface area contributed by atoms with E-state index in [0.717, 1.165) is 0 Å². The number of aliphatic hydroxyl groups is 1. The summed E-state index contributed by atoms with van der Waals surface area (Å²) in [4.78, 5) is 23.3. The van der Waals surface area contributed by atoms with Crippen LogP contribution in [0.1, 0.15) is 22.0 Å². The van der Waals surface area contributed by atoms with E-state index in [4.69, 9.17) is 0 Å². The van der Waals surface area contributed by atoms with Crippen molar-refractivity contribution >= 4 is 5.91 Å². The van der Waals surface area contributed by atoms with Gasteiger partial charge in [-0.25, -0.2) is 4.39 Å². The van der Waals surface area contributed by atoms with Crippen molar-refractivity contribution in [3.05, 3.63) is 69.9 Å². The minimum atomic E-state index is -1.02. The Morgan fingerprint density at radius 1 is 1.38 bits per heavy atom. The molecule has 1 aromatic carbocycles. The Balaban J connectivity index is 2.00. The highest BCUT2D eigenvalue weighted by molar-refractivity contribution is 5.93. The van der Waals surface area contributed by atoms with Crippen LogP contribution in [0.15, 0.2) is 47.4 Å². The topological polar surface area (TPSA) is 71.3 Å². The molecule has 0 saturated heterocycles. The van der Waals surface area contributed by atoms with E-state index in [9.17, 15) is 19.1 Å². The van der Waals surface area contributed by atoms with Crippen LogP contribution in [0.4, 0.5) is 4.39 Å². The second kappa shape index (κ2) is 6.32. The summed E-state index contributed by atoms with van der Waals surface area (Å²) >= 11 is 0. The molecule has 0 aliphatic heterocycles. The summed E-state index contributed by atoms with van der Waals surface area (Å²) in [6, 6.07) is 8.24. The van der Waals surface area contributed by atoms with Crippen LogP contribution >= 0.6 is 0 Å². The molecule has 5 nitrogen and oxygen atoms in total. The van der Waals surface area contributed by atoms with E-state index in [1.807, 2.05) is 0 Å². The SMILES string of the molecule is Cn1ccc(C(=O)NC[C@@H](O)c2cccc(F)c2)cc1=O. The fourth-order valence-corrected chi connectivity index (χ4v) is 1.81. The highest BCUT2D eigenvalue weighted by atomic mass is 19.1. The number of nitrogens with one attached hydrogen (secondary N) is 1. The van der Waals surface area contributed by atoms with E-state index in [-0.39, 0.29) is 17.7 Å². The van der Waals surface area contributed by atoms with Gasteiger partial charge in [-0.05, 0) is 23.8 Å². The van der Waals surface area contributed by atoms with E-state index >= 15 is 0 Å². The fraction of sp³-hybridized carbons (Fsp3) is 0.200. The molecular weight excluding hydrogens is 275 g/mol. The minimum absolute atomic E-state index is 0.0719. The molecule has 0 saturated carbocycles. The summed E-state index contributed by atoms with van der Waals surface area (Å²) in [5.74, 6) is -0.924. The molecule has 1 amide bonds. The number of hydrogen-bond acceptors (Lipinski definition) is 3. The molecule has 6 heteroatoms. The Labute approximate surface area is 120 Å². The molecule has 21 heavy (non-hydrogen) atoms. The minimum Gasteiger partial charge on any atom is -0.387 e. The van der Waals surface area contributed by atoms with Crippen LogP contribution in [0.3, 0.4) is 0 Å². The maximum absolute atomic E-state index is 13.0. The molecule has 0 spiro atoms. The standard InChI is InChI=1S/C15H15FN2O3/c1-18-6-5-11(8-14(18)20)15(21)17-9-13(19)10-3-2-4-12(16)7-10/h2-8,13,19H,9H2,1H3,(H,17,21)/t13-/m1/s1. The van der Waals surface area contributed by atoms with Crippen molar-refractivity contribution in [1.82, 2.24) is 9.88 Å². The smallest absolute Gasteiger partial charge is 0.251 e. The molecule has 110 valence electrons. The van der Waals surface area contributed by atoms with Crippen LogP contribution in [-0.4, -0.2) is 22.1 Å². The highest BCUT2D eigenvalue weighted by Crippen LogP contribution is 2.13. The number of carbonyl (C=O) groups excluding carboxylic acids is 1. The van der Waals surface area contributed by atoms with Crippen molar-refractivity contribution in [2.24, 2.45) is 7.05 Å². The molecule has 2 rings (SSSR count). The van der Waals surface area contributed by atoms with Crippen LogP contribution < -0.4 is 10.9 Å². The van der Waals surface area contributed by atoms with Gasteiger partial charge in [0, 0.05) is 31.4 Å². The van der Waals surface area contributed by atoms with Crippen molar-refractivity contribution in [3.8, 4) is 0 Å². The number of pyridine rings is 1. The number of rotatable bonds is 4. The summed E-state index contributed by atoms with van der Waals surface area (Å²) < 4.78 is 14.4. The molecule has 1 aromatic heterocycles. The quantitative estimate of drug-likeness (QED) is 0.882. The average molecular weight is 290 g/mol. The number of halogens is 1. The molecule has 0 radical (unpaired) electrons. The van der Waals surface area contributed by atoms with Crippen molar-refractivity contribution in [3.63, 3.8) is 0 Å². The maximum atomic E-state index is 13.0. The zero-order chi connectivity index (χ0) is 15.4. The Morgan fingerprint density at radius 2 is 2.14 bits per heavy atom. The molecule has 0 aliphatic rings. The van der Waals surface area contributed by atoms with E-state index in [2.05, 4.69) is 5.32 Å². The third-order valence-electron chi connectivity index (χ3n) is 3.06. The average Bonchev–Trinajstić information content (AvgIpc) is 2.47. The van der Waals surface area contributed by atoms with Gasteiger partial charge >= 0.3 is 0 Å². The fourth-order valence-electron chi connectivity index (χ4n) is 1.81. The lowest BCUT2D eigenvalue weighted by molar-refractivity contribution is 0.0916. The van der Waals surface area contributed by atoms with Gasteiger partial charge in [0.25, 0.3) is 11.5 Å². The van der Waals surface area contributed by atoms with Crippen LogP contribution in [0.25, 0.3) is 0 Å². The first-order valence-electron chi connectivity index (χ1n) is 6.36. The van der Waals surface area contributed by atoms with E-state index in [1.54, 1.807) is 13.1 Å². The molecule has 2 N–H and O–H groups in total. The Hall–Kier alpha value is -2.47. The first kappa shape index (κ1) is 14.9. The van der Waals surface area contributed by atoms with Crippen molar-refractivity contribution in [2.75, 3.05) is 6.54 Å². The summed E-state index contributed by atoms with van der Waals surface area (Å²) in [7, 11) is 1.58. The lowest BCUT2D eigenvalue weighted by Gasteiger charge is -2.12. The van der Waals surface area contributed by atoms with E-state index in [0.29, 0.717) is 5.56 Å². The summed E-state index contributed by atoms with van der Waals surface area (Å²) in [5, 5.41) is 12.4. The Bertz CT molecular complexity index is 712. The first-order chi connectivity index (χ1) is 9.97. The third kappa shape index (κ3) is 3.76. The molecule has 0 unspecified atom stereocenters. The molecule has 1 atom stereocenters. The zero-order valence-electron chi connectivity index (χ0n) is 11.4. The largest absolute Gasteiger partial charge is 0.387 e. The number of nitrogens with zero attached hydrogens (tertiary/aromatic N) is 1. The second-order valence-corrected chi connectivity index (χ2v) is 4.65. The lowest BCUT2D eigenvalue weighted by Crippen LogP contribution is -2.29. The van der Waals surface area contributed by atoms with Gasteiger partial charge in [0.05, 0.1) is 6.10 Å². The van der Waals surface area contributed by atoms with Crippen molar-refractivity contribution in [1.29, 1.82) is 0 Å². The van der Waals surface area contributed by atoms with Gasteiger partial charge in [-0.1, -0.05) is 12.1 Å². The van der Waals surface area contributed by atoms with Gasteiger partial charge in [-0.3, -0.25) is 9.59 Å². The van der Waals surface area contributed by atoms with E-state index < -0.39 is 17.8 Å². The Kier molecular flexibility index (Phi) is 4.49. The number of hydrogen-bond donors (Lipinski definition) is 2. The van der Waals surface area contributed by atoms with Gasteiger partial charge in [0.15, 0.2) is 0 Å². The van der Waals surface area contributed by atoms with Crippen LogP contribution in [0.2, 0.25) is 0 Å². The molecule has 2 aromatic rings. The van der Waals surface area contributed by atoms with Gasteiger partial charge in [-0.2, -0.15) is 0 Å². The molecule has 0 bridgehead atoms. The van der Waals surface area contributed by atoms with Crippen LogP contribution in [-0.2, 0) is 7.05 Å². The monoisotopic (exact) mass is 290 g/mol. The number of amides is 1. The summed E-state index contributed by atoms with van der Waals surface area (Å²) in [6.07, 6.45) is 0.469. The second-order valence-electron chi connectivity index (χ2n) is 4.65. The van der Waals surface area contributed by atoms with Gasteiger partial charge < -0.3 is 15.0 Å². The number of carbonyl (C=O) groups is 1. The lowest BCUT2D eigenvalue weighted by atomic mass is 10.1. The van der Waals surface area contributed by atoms with Crippen LogP contribution in [0.5, 0.6) is 0 Å². The normalized spacial score (nSPS) is 12.0. The number of aromatic nitrogens is 1. The number of aliphatic hydroxyl groups excluding tert-OH is 1. The summed E-state index contributed by atoms with van der Waals surface area (Å²) in [6.45, 7) is -0.0719. The molecule has 1 heterocycles. The summed E-state index contributed by atoms with van der Waals surface area (Å²) in [5.41, 5.74) is 0.289. The van der Waals surface area contributed by atoms with Gasteiger partial charge in [0.2, 0.25) is 0 Å². The van der Waals surface area contributed by atoms with Gasteiger partial charge in [-0.15, -0.1) is 0 Å². The predicted molar refractivity (Wildman–Crippen MR) is 75.4 cm³/mol. The van der Waals surface area contributed by atoms with Crippen molar-refractivity contribution < 1.29 is 14.3 Å². The number of benzene rings is 1. The zero-order valence-corrected chi connectivity index (χ0v) is 11.4.